The van der Waals surface area contributed by atoms with Crippen LogP contribution in [-0.4, -0.2) is 15.5 Å². The predicted octanol–water partition coefficient (Wildman–Crippen LogP) is 3.10. The largest absolute Gasteiger partial charge is 0.272 e. The Bertz CT molecular complexity index is 302. The van der Waals surface area contributed by atoms with Crippen molar-refractivity contribution in [2.24, 2.45) is 7.05 Å². The fraction of sp³-hybridized carbons (Fsp3) is 0.545. The van der Waals surface area contributed by atoms with Crippen molar-refractivity contribution >= 4 is 17.8 Å². The summed E-state index contributed by atoms with van der Waals surface area (Å²) in [6, 6.07) is 2.14. The Balaban J connectivity index is 2.54. The average Bonchev–Trinajstić information content (AvgIpc) is 2.54. The fourth-order valence-electron chi connectivity index (χ4n) is 1.25. The van der Waals surface area contributed by atoms with Crippen molar-refractivity contribution in [2.45, 2.75) is 26.7 Å². The van der Waals surface area contributed by atoms with E-state index in [1.54, 1.807) is 0 Å². The molecule has 0 unspecified atom stereocenters. The van der Waals surface area contributed by atoms with Crippen molar-refractivity contribution in [3.63, 3.8) is 0 Å². The number of nitrogens with zero attached hydrogens (tertiary/aromatic N) is 2. The van der Waals surface area contributed by atoms with Crippen molar-refractivity contribution in [1.29, 1.82) is 0 Å². The lowest BCUT2D eigenvalue weighted by molar-refractivity contribution is 0.716. The van der Waals surface area contributed by atoms with E-state index in [1.807, 2.05) is 23.5 Å². The zero-order chi connectivity index (χ0) is 10.4. The Labute approximate surface area is 90.4 Å². The molecule has 78 valence electrons. The number of aromatic nitrogens is 2. The van der Waals surface area contributed by atoms with Gasteiger partial charge in [0.05, 0.1) is 5.69 Å². The monoisotopic (exact) mass is 210 g/mol. The van der Waals surface area contributed by atoms with Gasteiger partial charge in [-0.3, -0.25) is 4.68 Å². The summed E-state index contributed by atoms with van der Waals surface area (Å²) in [4.78, 5) is 0. The molecule has 0 atom stereocenters. The van der Waals surface area contributed by atoms with Gasteiger partial charge in [-0.05, 0) is 36.1 Å². The van der Waals surface area contributed by atoms with E-state index in [-0.39, 0.29) is 0 Å². The van der Waals surface area contributed by atoms with Crippen LogP contribution in [0.1, 0.15) is 31.7 Å². The quantitative estimate of drug-likeness (QED) is 0.695. The van der Waals surface area contributed by atoms with Gasteiger partial charge in [0.25, 0.3) is 0 Å². The van der Waals surface area contributed by atoms with E-state index in [0.717, 1.165) is 12.1 Å². The van der Waals surface area contributed by atoms with Crippen LogP contribution in [0.3, 0.4) is 0 Å². The molecule has 0 fully saturated rings. The molecule has 14 heavy (non-hydrogen) atoms. The zero-order valence-electron chi connectivity index (χ0n) is 9.16. The summed E-state index contributed by atoms with van der Waals surface area (Å²) in [6.07, 6.45) is 4.34. The topological polar surface area (TPSA) is 17.8 Å². The fourth-order valence-corrected chi connectivity index (χ4v) is 1.85. The van der Waals surface area contributed by atoms with Crippen LogP contribution in [0.5, 0.6) is 0 Å². The van der Waals surface area contributed by atoms with Crippen LogP contribution in [0.2, 0.25) is 0 Å². The van der Waals surface area contributed by atoms with Crippen LogP contribution in [-0.2, 0) is 13.5 Å². The maximum absolute atomic E-state index is 4.40. The molecule has 1 heterocycles. The molecule has 0 aliphatic carbocycles. The van der Waals surface area contributed by atoms with Gasteiger partial charge in [-0.25, -0.2) is 0 Å². The van der Waals surface area contributed by atoms with Crippen molar-refractivity contribution in [3.05, 3.63) is 22.9 Å². The first kappa shape index (κ1) is 11.4. The highest BCUT2D eigenvalue weighted by Gasteiger charge is 1.98. The molecule has 0 aromatic carbocycles. The number of aryl methyl sites for hydroxylation is 2. The van der Waals surface area contributed by atoms with E-state index < -0.39 is 0 Å². The Morgan fingerprint density at radius 1 is 1.50 bits per heavy atom. The molecule has 0 amide bonds. The van der Waals surface area contributed by atoms with Crippen LogP contribution in [0.15, 0.2) is 11.5 Å². The average molecular weight is 210 g/mol. The molecular weight excluding hydrogens is 192 g/mol. The van der Waals surface area contributed by atoms with E-state index in [1.165, 1.54) is 17.9 Å². The van der Waals surface area contributed by atoms with Crippen molar-refractivity contribution < 1.29 is 0 Å². The Kier molecular flexibility index (Phi) is 4.80. The maximum atomic E-state index is 4.40. The summed E-state index contributed by atoms with van der Waals surface area (Å²) in [5.41, 5.74) is 2.35. The van der Waals surface area contributed by atoms with E-state index in [0.29, 0.717) is 0 Å². The molecule has 2 nitrogen and oxygen atoms in total. The summed E-state index contributed by atoms with van der Waals surface area (Å²) >= 11 is 1.84. The highest BCUT2D eigenvalue weighted by molar-refractivity contribution is 8.02. The summed E-state index contributed by atoms with van der Waals surface area (Å²) in [7, 11) is 2.00. The lowest BCUT2D eigenvalue weighted by atomic mass is 10.3. The molecule has 0 spiro atoms. The molecule has 0 N–H and O–H groups in total. The van der Waals surface area contributed by atoms with E-state index in [2.05, 4.69) is 36.5 Å². The number of thioether (sulfide) groups is 1. The predicted molar refractivity (Wildman–Crippen MR) is 64.4 cm³/mol. The van der Waals surface area contributed by atoms with E-state index >= 15 is 0 Å². The van der Waals surface area contributed by atoms with E-state index in [9.17, 15) is 0 Å². The standard InChI is InChI=1S/C11H18N2S/c1-4-7-14-8-6-10-9-11(5-2)13(3)12-10/h6,8-9H,4-5,7H2,1-3H3. The molecule has 0 saturated heterocycles. The van der Waals surface area contributed by atoms with Gasteiger partial charge in [0.1, 0.15) is 0 Å². The summed E-state index contributed by atoms with van der Waals surface area (Å²) in [5.74, 6) is 1.18. The first-order chi connectivity index (χ1) is 6.77. The highest BCUT2D eigenvalue weighted by Crippen LogP contribution is 2.10. The molecule has 0 bridgehead atoms. The minimum atomic E-state index is 1.04. The Hall–Kier alpha value is -0.700. The highest BCUT2D eigenvalue weighted by atomic mass is 32.2. The minimum Gasteiger partial charge on any atom is -0.272 e. The molecule has 0 saturated carbocycles. The number of hydrogen-bond acceptors (Lipinski definition) is 2. The van der Waals surface area contributed by atoms with Gasteiger partial charge >= 0.3 is 0 Å². The van der Waals surface area contributed by atoms with Gasteiger partial charge in [-0.2, -0.15) is 5.10 Å². The molecule has 1 rings (SSSR count). The molecule has 0 aliphatic rings. The van der Waals surface area contributed by atoms with Crippen LogP contribution in [0, 0.1) is 0 Å². The molecule has 1 aromatic rings. The molecule has 3 heteroatoms. The van der Waals surface area contributed by atoms with Crippen molar-refractivity contribution in [2.75, 3.05) is 5.75 Å². The van der Waals surface area contributed by atoms with Gasteiger partial charge in [0.15, 0.2) is 0 Å². The van der Waals surface area contributed by atoms with Gasteiger partial charge in [-0.1, -0.05) is 13.8 Å². The lowest BCUT2D eigenvalue weighted by Crippen LogP contribution is -1.95. The molecular formula is C11H18N2S. The Morgan fingerprint density at radius 2 is 2.29 bits per heavy atom. The van der Waals surface area contributed by atoms with Gasteiger partial charge in [-0.15, -0.1) is 11.8 Å². The summed E-state index contributed by atoms with van der Waals surface area (Å²) in [5, 5.41) is 6.53. The van der Waals surface area contributed by atoms with Crippen LogP contribution in [0.4, 0.5) is 0 Å². The second kappa shape index (κ2) is 5.91. The maximum Gasteiger partial charge on any atom is 0.0858 e. The Morgan fingerprint density at radius 3 is 2.86 bits per heavy atom. The third kappa shape index (κ3) is 3.22. The number of rotatable bonds is 5. The minimum absolute atomic E-state index is 1.04. The second-order valence-electron chi connectivity index (χ2n) is 3.21. The van der Waals surface area contributed by atoms with Crippen molar-refractivity contribution in [1.82, 2.24) is 9.78 Å². The smallest absolute Gasteiger partial charge is 0.0858 e. The second-order valence-corrected chi connectivity index (χ2v) is 4.22. The first-order valence-corrected chi connectivity index (χ1v) is 6.13. The van der Waals surface area contributed by atoms with Gasteiger partial charge in [0.2, 0.25) is 0 Å². The van der Waals surface area contributed by atoms with E-state index in [4.69, 9.17) is 0 Å². The normalized spacial score (nSPS) is 11.4. The first-order valence-electron chi connectivity index (χ1n) is 5.09. The molecule has 0 radical (unpaired) electrons. The van der Waals surface area contributed by atoms with Gasteiger partial charge < -0.3 is 0 Å². The lowest BCUT2D eigenvalue weighted by Gasteiger charge is -1.92. The van der Waals surface area contributed by atoms with Crippen LogP contribution >= 0.6 is 11.8 Å². The number of hydrogen-bond donors (Lipinski definition) is 0. The van der Waals surface area contributed by atoms with Crippen LogP contribution < -0.4 is 0 Å². The summed E-state index contributed by atoms with van der Waals surface area (Å²) < 4.78 is 1.95. The SMILES string of the molecule is CCCSC=Cc1cc(CC)n(C)n1. The third-order valence-electron chi connectivity index (χ3n) is 2.01. The van der Waals surface area contributed by atoms with Crippen molar-refractivity contribution in [3.8, 4) is 0 Å². The van der Waals surface area contributed by atoms with Gasteiger partial charge in [0, 0.05) is 12.7 Å². The summed E-state index contributed by atoms with van der Waals surface area (Å²) in [6.45, 7) is 4.34. The third-order valence-corrected chi connectivity index (χ3v) is 2.99. The van der Waals surface area contributed by atoms with Crippen LogP contribution in [0.25, 0.3) is 6.08 Å². The zero-order valence-corrected chi connectivity index (χ0v) is 9.97. The molecule has 1 aromatic heterocycles. The molecule has 0 aliphatic heterocycles.